The third-order valence-electron chi connectivity index (χ3n) is 11.2. The van der Waals surface area contributed by atoms with Crippen LogP contribution in [-0.4, -0.2) is 18.5 Å². The Morgan fingerprint density at radius 2 is 0.791 bits per heavy atom. The summed E-state index contributed by atoms with van der Waals surface area (Å²) in [6.07, 6.45) is -4.33. The summed E-state index contributed by atoms with van der Waals surface area (Å²) < 4.78 is 111. The number of rotatable bonds is 0. The van der Waals surface area contributed by atoms with E-state index in [1.54, 1.807) is 13.8 Å². The van der Waals surface area contributed by atoms with Crippen LogP contribution in [0.25, 0.3) is 0 Å². The Morgan fingerprint density at radius 1 is 0.372 bits per heavy atom. The first kappa shape index (κ1) is 40.4. The predicted molar refractivity (Wildman–Crippen MR) is 157 cm³/mol. The van der Waals surface area contributed by atoms with Gasteiger partial charge in [-0.05, 0) is 91.8 Å². The minimum atomic E-state index is -3.98. The molecule has 0 amide bonds. The molecule has 0 aromatic carbocycles. The second-order valence-electron chi connectivity index (χ2n) is 15.2. The van der Waals surface area contributed by atoms with Crippen molar-refractivity contribution >= 4 is 0 Å². The number of halogens is 9. The van der Waals surface area contributed by atoms with Gasteiger partial charge in [0.15, 0.2) is 0 Å². The standard InChI is InChI=1S/2C9H15F3.C8H13F3.C8H16/c1-6-3-7(2)5-8(4-6)9(10,11)12;1-6-4-3-5-8(7(6)2)9(10,11)12;1-5-3-6(2)7(4-5)8(9,10)11;1-6-4-5-7(2)8(6)3/h2*6-8H,3-5H2,1-2H3;5-7H,3-4H2,1-2H3;6-8H,4-5H2,1-3H3/t6-,7?,8?;6?,7-,8?;5-,6?,7?;/m010./s1. The molecule has 258 valence electrons. The van der Waals surface area contributed by atoms with Gasteiger partial charge in [0.05, 0.1) is 17.8 Å². The van der Waals surface area contributed by atoms with E-state index in [2.05, 4.69) is 20.8 Å². The summed E-state index contributed by atoms with van der Waals surface area (Å²) in [4.78, 5) is 0. The molecule has 8 unspecified atom stereocenters. The summed E-state index contributed by atoms with van der Waals surface area (Å²) in [7, 11) is 0. The van der Waals surface area contributed by atoms with Crippen molar-refractivity contribution in [2.75, 3.05) is 0 Å². The molecule has 4 saturated carbocycles. The predicted octanol–water partition coefficient (Wildman–Crippen LogP) is 13.2. The first-order valence-corrected chi connectivity index (χ1v) is 16.6. The average Bonchev–Trinajstić information content (AvgIpc) is 3.35. The third-order valence-corrected chi connectivity index (χ3v) is 11.2. The van der Waals surface area contributed by atoms with Crippen LogP contribution >= 0.6 is 0 Å². The van der Waals surface area contributed by atoms with Crippen molar-refractivity contribution < 1.29 is 39.5 Å². The van der Waals surface area contributed by atoms with E-state index in [0.717, 1.165) is 43.4 Å². The van der Waals surface area contributed by atoms with Gasteiger partial charge in [0, 0.05) is 0 Å². The highest BCUT2D eigenvalue weighted by Crippen LogP contribution is 2.46. The van der Waals surface area contributed by atoms with E-state index in [-0.39, 0.29) is 35.5 Å². The quantitative estimate of drug-likeness (QED) is 0.232. The Bertz CT molecular complexity index is 751. The van der Waals surface area contributed by atoms with Gasteiger partial charge in [0.2, 0.25) is 0 Å². The van der Waals surface area contributed by atoms with Crippen LogP contribution in [0.1, 0.15) is 127 Å². The minimum absolute atomic E-state index is 0.176. The van der Waals surface area contributed by atoms with Crippen molar-refractivity contribution in [2.24, 2.45) is 71.0 Å². The molecular formula is C34H59F9. The Hall–Kier alpha value is -0.630. The monoisotopic (exact) mass is 638 g/mol. The first-order chi connectivity index (χ1) is 19.4. The molecule has 4 aliphatic carbocycles. The number of alkyl halides is 9. The van der Waals surface area contributed by atoms with Gasteiger partial charge in [-0.1, -0.05) is 88.0 Å². The van der Waals surface area contributed by atoms with Crippen LogP contribution in [-0.2, 0) is 0 Å². The van der Waals surface area contributed by atoms with E-state index in [1.165, 1.54) is 12.8 Å². The first-order valence-electron chi connectivity index (χ1n) is 16.6. The smallest absolute Gasteiger partial charge is 0.171 e. The molecule has 43 heavy (non-hydrogen) atoms. The zero-order valence-corrected chi connectivity index (χ0v) is 27.9. The molecule has 9 heteroatoms. The molecule has 0 bridgehead atoms. The molecule has 0 aromatic rings. The fourth-order valence-corrected chi connectivity index (χ4v) is 7.89. The summed E-state index contributed by atoms with van der Waals surface area (Å²) in [6, 6.07) is 0. The van der Waals surface area contributed by atoms with Crippen LogP contribution in [0, 0.1) is 71.0 Å². The van der Waals surface area contributed by atoms with E-state index in [9.17, 15) is 39.5 Å². The lowest BCUT2D eigenvalue weighted by Gasteiger charge is -2.35. The van der Waals surface area contributed by atoms with Gasteiger partial charge in [0.25, 0.3) is 0 Å². The summed E-state index contributed by atoms with van der Waals surface area (Å²) in [5, 5.41) is 0. The van der Waals surface area contributed by atoms with Gasteiger partial charge in [-0.3, -0.25) is 0 Å². The second-order valence-corrected chi connectivity index (χ2v) is 15.2. The fraction of sp³-hybridized carbons (Fsp3) is 1.00. The molecule has 0 N–H and O–H groups in total. The molecule has 0 radical (unpaired) electrons. The van der Waals surface area contributed by atoms with E-state index >= 15 is 0 Å². The average molecular weight is 639 g/mol. The molecule has 4 fully saturated rings. The lowest BCUT2D eigenvalue weighted by atomic mass is 9.73. The van der Waals surface area contributed by atoms with Gasteiger partial charge in [-0.25, -0.2) is 0 Å². The largest absolute Gasteiger partial charge is 0.392 e. The highest BCUT2D eigenvalue weighted by molar-refractivity contribution is 4.84. The van der Waals surface area contributed by atoms with Crippen molar-refractivity contribution in [2.45, 2.75) is 145 Å². The van der Waals surface area contributed by atoms with Crippen LogP contribution < -0.4 is 0 Å². The van der Waals surface area contributed by atoms with Crippen molar-refractivity contribution in [1.82, 2.24) is 0 Å². The molecule has 0 spiro atoms. The summed E-state index contributed by atoms with van der Waals surface area (Å²) >= 11 is 0. The summed E-state index contributed by atoms with van der Waals surface area (Å²) in [5.41, 5.74) is 0. The summed E-state index contributed by atoms with van der Waals surface area (Å²) in [6.45, 7) is 18.2. The van der Waals surface area contributed by atoms with Crippen molar-refractivity contribution in [1.29, 1.82) is 0 Å². The summed E-state index contributed by atoms with van der Waals surface area (Å²) in [5.74, 6) is 0.395. The maximum Gasteiger partial charge on any atom is 0.392 e. The Balaban J connectivity index is 0.000000290. The Morgan fingerprint density at radius 3 is 1.07 bits per heavy atom. The minimum Gasteiger partial charge on any atom is -0.171 e. The van der Waals surface area contributed by atoms with E-state index in [0.29, 0.717) is 25.7 Å². The highest BCUT2D eigenvalue weighted by atomic mass is 19.4. The normalized spacial score (nSPS) is 40.3. The van der Waals surface area contributed by atoms with Gasteiger partial charge in [0.1, 0.15) is 0 Å². The highest BCUT2D eigenvalue weighted by Gasteiger charge is 2.47. The van der Waals surface area contributed by atoms with Gasteiger partial charge < -0.3 is 0 Å². The van der Waals surface area contributed by atoms with E-state index < -0.39 is 36.3 Å². The molecule has 0 saturated heterocycles. The zero-order chi connectivity index (χ0) is 33.5. The van der Waals surface area contributed by atoms with Crippen LogP contribution in [0.15, 0.2) is 0 Å². The maximum atomic E-state index is 12.4. The molecule has 4 aliphatic rings. The zero-order valence-electron chi connectivity index (χ0n) is 27.9. The van der Waals surface area contributed by atoms with E-state index in [4.69, 9.17) is 0 Å². The van der Waals surface area contributed by atoms with Gasteiger partial charge in [-0.15, -0.1) is 0 Å². The molecule has 0 nitrogen and oxygen atoms in total. The lowest BCUT2D eigenvalue weighted by Crippen LogP contribution is -2.35. The molecule has 0 heterocycles. The van der Waals surface area contributed by atoms with E-state index in [1.807, 2.05) is 27.7 Å². The van der Waals surface area contributed by atoms with Crippen molar-refractivity contribution in [3.8, 4) is 0 Å². The van der Waals surface area contributed by atoms with Crippen molar-refractivity contribution in [3.05, 3.63) is 0 Å². The van der Waals surface area contributed by atoms with Crippen LogP contribution in [0.3, 0.4) is 0 Å². The molecule has 4 rings (SSSR count). The van der Waals surface area contributed by atoms with Gasteiger partial charge >= 0.3 is 18.5 Å². The van der Waals surface area contributed by atoms with Crippen LogP contribution in [0.5, 0.6) is 0 Å². The molecule has 0 aromatic heterocycles. The molecular weight excluding hydrogens is 579 g/mol. The Kier molecular flexibility index (Phi) is 15.8. The number of hydrogen-bond acceptors (Lipinski definition) is 0. The molecule has 0 aliphatic heterocycles. The van der Waals surface area contributed by atoms with Crippen LogP contribution in [0.2, 0.25) is 0 Å². The molecule has 11 atom stereocenters. The van der Waals surface area contributed by atoms with Crippen molar-refractivity contribution in [3.63, 3.8) is 0 Å². The van der Waals surface area contributed by atoms with Crippen LogP contribution in [0.4, 0.5) is 39.5 Å². The number of hydrogen-bond donors (Lipinski definition) is 0. The fourth-order valence-electron chi connectivity index (χ4n) is 7.89. The third kappa shape index (κ3) is 13.7. The van der Waals surface area contributed by atoms with Gasteiger partial charge in [-0.2, -0.15) is 39.5 Å². The Labute approximate surface area is 255 Å². The lowest BCUT2D eigenvalue weighted by molar-refractivity contribution is -0.199. The maximum absolute atomic E-state index is 12.4. The SMILES string of the molecule is CC1CC(C(F)(F)F)C[C@@H](C)C1.CC1CCC(C)C1C.CC1CCCC(C(F)(F)F)[C@@H]1C.CC1C[C@H](C)CC1C(F)(F)F. The second kappa shape index (κ2) is 16.8. The topological polar surface area (TPSA) is 0 Å².